The predicted molar refractivity (Wildman–Crippen MR) is 169 cm³/mol. The van der Waals surface area contributed by atoms with Crippen LogP contribution in [-0.4, -0.2) is 63.2 Å². The van der Waals surface area contributed by atoms with Crippen molar-refractivity contribution in [3.05, 3.63) is 88.4 Å². The van der Waals surface area contributed by atoms with Crippen molar-refractivity contribution >= 4 is 43.5 Å². The van der Waals surface area contributed by atoms with Gasteiger partial charge in [-0.05, 0) is 48.2 Å². The number of hydrogen-bond acceptors (Lipinski definition) is 6. The Hall–Kier alpha value is -3.57. The van der Waals surface area contributed by atoms with Crippen molar-refractivity contribution in [3.63, 3.8) is 0 Å². The van der Waals surface area contributed by atoms with Crippen LogP contribution < -0.4 is 19.1 Å². The summed E-state index contributed by atoms with van der Waals surface area (Å²) in [4.78, 5) is 29.7. The van der Waals surface area contributed by atoms with Crippen molar-refractivity contribution in [2.24, 2.45) is 0 Å². The number of anilines is 1. The van der Waals surface area contributed by atoms with Crippen molar-refractivity contribution in [3.8, 4) is 11.5 Å². The molecule has 1 saturated carbocycles. The molecule has 0 saturated heterocycles. The third-order valence-corrected chi connectivity index (χ3v) is 9.40. The highest BCUT2D eigenvalue weighted by atomic mass is 79.9. The maximum absolute atomic E-state index is 14.3. The molecule has 1 atom stereocenters. The maximum atomic E-state index is 14.3. The number of fused-ring (bicyclic) bond motifs is 1. The van der Waals surface area contributed by atoms with Crippen LogP contribution in [0.15, 0.2) is 77.3 Å². The number of carbonyl (C=O) groups is 2. The minimum atomic E-state index is -3.89. The standard InChI is InChI=1S/C32H36BrN3O6S/c1-43(39,40)36(27-15-16-29-30(20-27)42-18-17-41-29)22-31(37)35(21-24-11-13-25(33)14-12-24)28(19-23-7-3-2-4-8-23)32(38)34-26-9-5-6-10-26/h2-4,7-8,11-16,20,26,28H,5-6,9-10,17-19,21-22H2,1H3,(H,34,38)/t28-/m0/s1. The zero-order valence-electron chi connectivity index (χ0n) is 24.1. The molecule has 43 heavy (non-hydrogen) atoms. The second kappa shape index (κ2) is 13.8. The molecule has 228 valence electrons. The van der Waals surface area contributed by atoms with Gasteiger partial charge in [0.05, 0.1) is 11.9 Å². The van der Waals surface area contributed by atoms with Crippen LogP contribution in [0.25, 0.3) is 0 Å². The minimum Gasteiger partial charge on any atom is -0.486 e. The van der Waals surface area contributed by atoms with E-state index in [1.54, 1.807) is 18.2 Å². The summed E-state index contributed by atoms with van der Waals surface area (Å²) < 4.78 is 39.4. The number of rotatable bonds is 11. The van der Waals surface area contributed by atoms with E-state index in [-0.39, 0.29) is 30.6 Å². The van der Waals surface area contributed by atoms with E-state index in [1.807, 2.05) is 54.6 Å². The van der Waals surface area contributed by atoms with Crippen LogP contribution in [0.5, 0.6) is 11.5 Å². The van der Waals surface area contributed by atoms with Gasteiger partial charge in [0, 0.05) is 29.5 Å². The van der Waals surface area contributed by atoms with Gasteiger partial charge in [-0.3, -0.25) is 13.9 Å². The first-order valence-corrected chi connectivity index (χ1v) is 17.1. The smallest absolute Gasteiger partial charge is 0.244 e. The monoisotopic (exact) mass is 669 g/mol. The lowest BCUT2D eigenvalue weighted by Crippen LogP contribution is -2.54. The first-order chi connectivity index (χ1) is 20.7. The van der Waals surface area contributed by atoms with Crippen LogP contribution >= 0.6 is 15.9 Å². The highest BCUT2D eigenvalue weighted by Gasteiger charge is 2.34. The molecule has 0 bridgehead atoms. The van der Waals surface area contributed by atoms with Crippen LogP contribution in [0.4, 0.5) is 5.69 Å². The number of ether oxygens (including phenoxy) is 2. The Kier molecular flexibility index (Phi) is 9.92. The van der Waals surface area contributed by atoms with Gasteiger partial charge in [0.1, 0.15) is 25.8 Å². The van der Waals surface area contributed by atoms with Crippen LogP contribution in [0, 0.1) is 0 Å². The summed E-state index contributed by atoms with van der Waals surface area (Å²) in [7, 11) is -3.89. The Morgan fingerprint density at radius 1 is 0.930 bits per heavy atom. The third kappa shape index (κ3) is 8.08. The molecule has 1 N–H and O–H groups in total. The highest BCUT2D eigenvalue weighted by Crippen LogP contribution is 2.35. The summed E-state index contributed by atoms with van der Waals surface area (Å²) >= 11 is 3.46. The van der Waals surface area contributed by atoms with E-state index < -0.39 is 28.5 Å². The molecule has 0 radical (unpaired) electrons. The second-order valence-corrected chi connectivity index (χ2v) is 13.8. The minimum absolute atomic E-state index is 0.0561. The van der Waals surface area contributed by atoms with E-state index in [0.717, 1.165) is 51.8 Å². The summed E-state index contributed by atoms with van der Waals surface area (Å²) in [5.41, 5.74) is 1.99. The topological polar surface area (TPSA) is 105 Å². The molecule has 2 aliphatic rings. The molecule has 3 aromatic carbocycles. The van der Waals surface area contributed by atoms with Crippen LogP contribution in [0.3, 0.4) is 0 Å². The zero-order chi connectivity index (χ0) is 30.4. The number of sulfonamides is 1. The number of benzene rings is 3. The first-order valence-electron chi connectivity index (χ1n) is 14.4. The normalized spacial score (nSPS) is 15.5. The fourth-order valence-electron chi connectivity index (χ4n) is 5.51. The highest BCUT2D eigenvalue weighted by molar-refractivity contribution is 9.10. The van der Waals surface area contributed by atoms with Gasteiger partial charge >= 0.3 is 0 Å². The van der Waals surface area contributed by atoms with E-state index >= 15 is 0 Å². The number of hydrogen-bond donors (Lipinski definition) is 1. The first kappa shape index (κ1) is 30.9. The van der Waals surface area contributed by atoms with Gasteiger partial charge in [0.2, 0.25) is 21.8 Å². The van der Waals surface area contributed by atoms with E-state index in [4.69, 9.17) is 9.47 Å². The van der Waals surface area contributed by atoms with Gasteiger partial charge in [-0.1, -0.05) is 71.2 Å². The van der Waals surface area contributed by atoms with Crippen molar-refractivity contribution in [2.45, 2.75) is 50.7 Å². The molecule has 1 heterocycles. The van der Waals surface area contributed by atoms with Gasteiger partial charge in [0.25, 0.3) is 0 Å². The van der Waals surface area contributed by atoms with E-state index in [2.05, 4.69) is 21.2 Å². The zero-order valence-corrected chi connectivity index (χ0v) is 26.5. The Morgan fingerprint density at radius 2 is 1.60 bits per heavy atom. The fourth-order valence-corrected chi connectivity index (χ4v) is 6.61. The molecule has 2 amide bonds. The fraction of sp³-hybridized carbons (Fsp3) is 0.375. The van der Waals surface area contributed by atoms with Crippen molar-refractivity contribution in [1.29, 1.82) is 0 Å². The van der Waals surface area contributed by atoms with Gasteiger partial charge in [-0.2, -0.15) is 0 Å². The summed E-state index contributed by atoms with van der Waals surface area (Å²) in [6, 6.07) is 21.1. The molecule has 1 aliphatic carbocycles. The Balaban J connectivity index is 1.50. The van der Waals surface area contributed by atoms with E-state index in [0.29, 0.717) is 24.7 Å². The molecule has 1 aliphatic heterocycles. The molecular formula is C32H36BrN3O6S. The molecule has 1 fully saturated rings. The van der Waals surface area contributed by atoms with Gasteiger partial charge in [-0.15, -0.1) is 0 Å². The average molecular weight is 671 g/mol. The van der Waals surface area contributed by atoms with Crippen molar-refractivity contribution < 1.29 is 27.5 Å². The second-order valence-electron chi connectivity index (χ2n) is 10.9. The molecule has 0 spiro atoms. The molecule has 5 rings (SSSR count). The maximum Gasteiger partial charge on any atom is 0.244 e. The summed E-state index contributed by atoms with van der Waals surface area (Å²) in [5, 5.41) is 3.18. The number of nitrogens with one attached hydrogen (secondary N) is 1. The summed E-state index contributed by atoms with van der Waals surface area (Å²) in [6.07, 6.45) is 5.24. The Labute approximate surface area is 261 Å². The number of nitrogens with zero attached hydrogens (tertiary/aromatic N) is 2. The number of amides is 2. The number of carbonyl (C=O) groups excluding carboxylic acids is 2. The van der Waals surface area contributed by atoms with Gasteiger partial charge in [-0.25, -0.2) is 8.42 Å². The Bertz CT molecular complexity index is 1530. The molecule has 3 aromatic rings. The molecule has 0 aromatic heterocycles. The molecular weight excluding hydrogens is 634 g/mol. The van der Waals surface area contributed by atoms with Crippen LogP contribution in [0.2, 0.25) is 0 Å². The van der Waals surface area contributed by atoms with Crippen molar-refractivity contribution in [2.75, 3.05) is 30.3 Å². The lowest BCUT2D eigenvalue weighted by atomic mass is 10.0. The largest absolute Gasteiger partial charge is 0.486 e. The quantitative estimate of drug-likeness (QED) is 0.318. The van der Waals surface area contributed by atoms with Gasteiger partial charge in [0.15, 0.2) is 11.5 Å². The predicted octanol–water partition coefficient (Wildman–Crippen LogP) is 4.69. The summed E-state index contributed by atoms with van der Waals surface area (Å²) in [5.74, 6) is 0.185. The van der Waals surface area contributed by atoms with Gasteiger partial charge < -0.3 is 19.7 Å². The molecule has 11 heteroatoms. The lowest BCUT2D eigenvalue weighted by Gasteiger charge is -2.34. The third-order valence-electron chi connectivity index (χ3n) is 7.73. The SMILES string of the molecule is CS(=O)(=O)N(CC(=O)N(Cc1ccc(Br)cc1)[C@@H](Cc1ccccc1)C(=O)NC1CCCC1)c1ccc2c(c1)OCCO2. The number of halogens is 1. The average Bonchev–Trinajstić information content (AvgIpc) is 3.51. The summed E-state index contributed by atoms with van der Waals surface area (Å²) in [6.45, 7) is 0.376. The molecule has 0 unspecified atom stereocenters. The molecule has 9 nitrogen and oxygen atoms in total. The Morgan fingerprint density at radius 3 is 2.28 bits per heavy atom. The van der Waals surface area contributed by atoms with E-state index in [1.165, 1.54) is 4.90 Å². The van der Waals surface area contributed by atoms with Crippen molar-refractivity contribution in [1.82, 2.24) is 10.2 Å². The van der Waals surface area contributed by atoms with Crippen LogP contribution in [0.1, 0.15) is 36.8 Å². The van der Waals surface area contributed by atoms with Crippen LogP contribution in [-0.2, 0) is 32.6 Å². The van der Waals surface area contributed by atoms with E-state index in [9.17, 15) is 18.0 Å². The lowest BCUT2D eigenvalue weighted by molar-refractivity contribution is -0.140.